The predicted octanol–water partition coefficient (Wildman–Crippen LogP) is 2.98. The second-order valence-corrected chi connectivity index (χ2v) is 4.36. The van der Waals surface area contributed by atoms with E-state index in [-0.39, 0.29) is 5.82 Å². The van der Waals surface area contributed by atoms with Crippen LogP contribution in [0.4, 0.5) is 0 Å². The first-order valence-corrected chi connectivity index (χ1v) is 6.09. The highest BCUT2D eigenvalue weighted by atomic mass is 16.5. The molecule has 2 aromatic heterocycles. The van der Waals surface area contributed by atoms with E-state index in [0.717, 1.165) is 16.5 Å². The number of carbonyl (C=O) groups is 1. The van der Waals surface area contributed by atoms with Crippen LogP contribution >= 0.6 is 0 Å². The Balaban J connectivity index is 2.19. The van der Waals surface area contributed by atoms with Crippen LogP contribution in [0.3, 0.4) is 0 Å². The van der Waals surface area contributed by atoms with Crippen molar-refractivity contribution in [2.45, 2.75) is 6.92 Å². The van der Waals surface area contributed by atoms with Gasteiger partial charge in [-0.15, -0.1) is 0 Å². The van der Waals surface area contributed by atoms with E-state index >= 15 is 0 Å². The van der Waals surface area contributed by atoms with Crippen LogP contribution < -0.4 is 0 Å². The number of hydrogen-bond acceptors (Lipinski definition) is 5. The molecule has 0 saturated carbocycles. The zero-order valence-corrected chi connectivity index (χ0v) is 11.1. The highest BCUT2D eigenvalue weighted by Gasteiger charge is 2.15. The summed E-state index contributed by atoms with van der Waals surface area (Å²) in [6.07, 6.45) is 1.63. The second-order valence-electron chi connectivity index (χ2n) is 4.36. The number of methoxy groups -OCH3 is 1. The third kappa shape index (κ3) is 2.03. The Morgan fingerprint density at radius 1 is 1.25 bits per heavy atom. The first-order valence-electron chi connectivity index (χ1n) is 6.09. The number of benzene rings is 1. The summed E-state index contributed by atoms with van der Waals surface area (Å²) in [6, 6.07) is 9.47. The summed E-state index contributed by atoms with van der Waals surface area (Å²) in [5, 5.41) is 0.946. The van der Waals surface area contributed by atoms with Crippen LogP contribution in [0.15, 0.2) is 41.0 Å². The number of ether oxygens (including phenoxy) is 1. The molecule has 0 atom stereocenters. The monoisotopic (exact) mass is 268 g/mol. The number of hydrogen-bond donors (Lipinski definition) is 0. The third-order valence-electron chi connectivity index (χ3n) is 2.98. The average molecular weight is 268 g/mol. The zero-order valence-electron chi connectivity index (χ0n) is 11.1. The van der Waals surface area contributed by atoms with Crippen molar-refractivity contribution in [2.24, 2.45) is 0 Å². The van der Waals surface area contributed by atoms with Gasteiger partial charge in [0.2, 0.25) is 5.82 Å². The molecular weight excluding hydrogens is 256 g/mol. The Labute approximate surface area is 115 Å². The molecule has 0 aliphatic carbocycles. The lowest BCUT2D eigenvalue weighted by atomic mass is 10.1. The normalized spacial score (nSPS) is 10.7. The lowest BCUT2D eigenvalue weighted by Crippen LogP contribution is -2.09. The van der Waals surface area contributed by atoms with Gasteiger partial charge in [-0.3, -0.25) is 0 Å². The molecule has 0 saturated heterocycles. The minimum atomic E-state index is -0.553. The number of nitrogens with zero attached hydrogens (tertiary/aromatic N) is 2. The van der Waals surface area contributed by atoms with Gasteiger partial charge < -0.3 is 9.15 Å². The molecule has 0 fully saturated rings. The van der Waals surface area contributed by atoms with Gasteiger partial charge in [0.15, 0.2) is 0 Å². The van der Waals surface area contributed by atoms with E-state index in [2.05, 4.69) is 14.7 Å². The number of rotatable bonds is 2. The van der Waals surface area contributed by atoms with Gasteiger partial charge in [0.25, 0.3) is 0 Å². The van der Waals surface area contributed by atoms with Gasteiger partial charge >= 0.3 is 5.97 Å². The maximum Gasteiger partial charge on any atom is 0.376 e. The number of aromatic nitrogens is 2. The summed E-state index contributed by atoms with van der Waals surface area (Å²) in [5.74, 6) is -0.504. The van der Waals surface area contributed by atoms with Crippen molar-refractivity contribution in [1.29, 1.82) is 0 Å². The highest BCUT2D eigenvalue weighted by molar-refractivity contribution is 5.93. The average Bonchev–Trinajstić information content (AvgIpc) is 2.89. The van der Waals surface area contributed by atoms with Crippen LogP contribution in [0.5, 0.6) is 0 Å². The summed E-state index contributed by atoms with van der Waals surface area (Å²) in [5.41, 5.74) is 2.94. The molecule has 1 aromatic carbocycles. The van der Waals surface area contributed by atoms with E-state index in [9.17, 15) is 4.79 Å². The standard InChI is InChI=1S/C15H12N2O3/c1-9-7-12(17-14(16-9)15(18)19-2)11-8-20-13-6-4-3-5-10(11)13/h3-8H,1-2H3. The molecule has 0 aliphatic heterocycles. The van der Waals surface area contributed by atoms with Crippen molar-refractivity contribution < 1.29 is 13.9 Å². The van der Waals surface area contributed by atoms with E-state index in [0.29, 0.717) is 11.4 Å². The fourth-order valence-electron chi connectivity index (χ4n) is 2.07. The van der Waals surface area contributed by atoms with Gasteiger partial charge in [-0.05, 0) is 19.1 Å². The maximum atomic E-state index is 11.6. The van der Waals surface area contributed by atoms with Crippen molar-refractivity contribution in [3.63, 3.8) is 0 Å². The molecule has 20 heavy (non-hydrogen) atoms. The van der Waals surface area contributed by atoms with E-state index < -0.39 is 5.97 Å². The van der Waals surface area contributed by atoms with Gasteiger partial charge in [0.1, 0.15) is 11.8 Å². The Morgan fingerprint density at radius 2 is 2.05 bits per heavy atom. The predicted molar refractivity (Wildman–Crippen MR) is 73.3 cm³/mol. The smallest absolute Gasteiger partial charge is 0.376 e. The van der Waals surface area contributed by atoms with Gasteiger partial charge in [-0.25, -0.2) is 14.8 Å². The van der Waals surface area contributed by atoms with Gasteiger partial charge in [-0.1, -0.05) is 18.2 Å². The molecule has 0 radical (unpaired) electrons. The maximum absolute atomic E-state index is 11.6. The molecule has 0 amide bonds. The molecule has 0 aliphatic rings. The first kappa shape index (κ1) is 12.3. The Hall–Kier alpha value is -2.69. The first-order chi connectivity index (χ1) is 9.69. The summed E-state index contributed by atoms with van der Waals surface area (Å²) in [7, 11) is 1.31. The Bertz CT molecular complexity index is 793. The molecule has 5 nitrogen and oxygen atoms in total. The Kier molecular flexibility index (Phi) is 2.95. The van der Waals surface area contributed by atoms with E-state index in [1.807, 2.05) is 30.3 Å². The van der Waals surface area contributed by atoms with E-state index in [1.165, 1.54) is 7.11 Å². The SMILES string of the molecule is COC(=O)c1nc(C)cc(-c2coc3ccccc23)n1. The summed E-state index contributed by atoms with van der Waals surface area (Å²) in [6.45, 7) is 1.81. The number of esters is 1. The van der Waals surface area contributed by atoms with E-state index in [4.69, 9.17) is 4.42 Å². The van der Waals surface area contributed by atoms with Crippen LogP contribution in [0.25, 0.3) is 22.2 Å². The summed E-state index contributed by atoms with van der Waals surface area (Å²) >= 11 is 0. The molecule has 5 heteroatoms. The lowest BCUT2D eigenvalue weighted by molar-refractivity contribution is 0.0586. The van der Waals surface area contributed by atoms with Crippen molar-refractivity contribution in [1.82, 2.24) is 9.97 Å². The largest absolute Gasteiger partial charge is 0.464 e. The van der Waals surface area contributed by atoms with Crippen LogP contribution in [0.1, 0.15) is 16.3 Å². The topological polar surface area (TPSA) is 65.2 Å². The number of aryl methyl sites for hydroxylation is 1. The zero-order chi connectivity index (χ0) is 14.1. The fraction of sp³-hybridized carbons (Fsp3) is 0.133. The van der Waals surface area contributed by atoms with Crippen molar-refractivity contribution in [2.75, 3.05) is 7.11 Å². The summed E-state index contributed by atoms with van der Waals surface area (Å²) in [4.78, 5) is 19.9. The molecule has 3 aromatic rings. The van der Waals surface area contributed by atoms with Crippen LogP contribution in [0.2, 0.25) is 0 Å². The quantitative estimate of drug-likeness (QED) is 0.668. The van der Waals surface area contributed by atoms with Crippen LogP contribution in [-0.4, -0.2) is 23.0 Å². The number of fused-ring (bicyclic) bond motifs is 1. The third-order valence-corrected chi connectivity index (χ3v) is 2.98. The number of para-hydroxylation sites is 1. The highest BCUT2D eigenvalue weighted by Crippen LogP contribution is 2.29. The fourth-order valence-corrected chi connectivity index (χ4v) is 2.07. The van der Waals surface area contributed by atoms with Gasteiger partial charge in [-0.2, -0.15) is 0 Å². The van der Waals surface area contributed by atoms with Crippen molar-refractivity contribution in [3.8, 4) is 11.3 Å². The van der Waals surface area contributed by atoms with E-state index in [1.54, 1.807) is 13.2 Å². The van der Waals surface area contributed by atoms with Crippen LogP contribution in [-0.2, 0) is 4.74 Å². The molecule has 100 valence electrons. The Morgan fingerprint density at radius 3 is 2.85 bits per heavy atom. The minimum absolute atomic E-state index is 0.0489. The molecular formula is C15H12N2O3. The van der Waals surface area contributed by atoms with Gasteiger partial charge in [0, 0.05) is 16.6 Å². The van der Waals surface area contributed by atoms with Crippen LogP contribution in [0, 0.1) is 6.92 Å². The molecule has 0 unspecified atom stereocenters. The summed E-state index contributed by atoms with van der Waals surface area (Å²) < 4.78 is 10.2. The molecule has 3 rings (SSSR count). The molecule has 0 spiro atoms. The molecule has 2 heterocycles. The second kappa shape index (κ2) is 4.77. The number of furan rings is 1. The number of carbonyl (C=O) groups excluding carboxylic acids is 1. The molecule has 0 bridgehead atoms. The lowest BCUT2D eigenvalue weighted by Gasteiger charge is -2.03. The van der Waals surface area contributed by atoms with Gasteiger partial charge in [0.05, 0.1) is 12.8 Å². The van der Waals surface area contributed by atoms with Crippen molar-refractivity contribution in [3.05, 3.63) is 48.1 Å². The minimum Gasteiger partial charge on any atom is -0.464 e. The van der Waals surface area contributed by atoms with Crippen molar-refractivity contribution >= 4 is 16.9 Å². The molecule has 0 N–H and O–H groups in total.